The van der Waals surface area contributed by atoms with Gasteiger partial charge in [0.1, 0.15) is 22.8 Å². The van der Waals surface area contributed by atoms with Crippen molar-refractivity contribution in [2.24, 2.45) is 5.92 Å². The Labute approximate surface area is 205 Å². The van der Waals surface area contributed by atoms with Crippen LogP contribution >= 0.6 is 0 Å². The Morgan fingerprint density at radius 2 is 1.97 bits per heavy atom. The van der Waals surface area contributed by atoms with Crippen LogP contribution in [0.15, 0.2) is 45.8 Å². The van der Waals surface area contributed by atoms with E-state index in [2.05, 4.69) is 10.1 Å². The summed E-state index contributed by atoms with van der Waals surface area (Å²) in [6.07, 6.45) is 5.19. The summed E-state index contributed by atoms with van der Waals surface area (Å²) in [4.78, 5) is 36.6. The third-order valence-corrected chi connectivity index (χ3v) is 5.71. The molecule has 0 bridgehead atoms. The van der Waals surface area contributed by atoms with Crippen LogP contribution in [0.4, 0.5) is 4.79 Å². The van der Waals surface area contributed by atoms with Crippen LogP contribution < -0.4 is 15.7 Å². The van der Waals surface area contributed by atoms with Gasteiger partial charge in [0.25, 0.3) is 0 Å². The van der Waals surface area contributed by atoms with E-state index in [1.165, 1.54) is 19.4 Å². The maximum atomic E-state index is 13.0. The number of methoxy groups -OCH3 is 1. The second kappa shape index (κ2) is 13.4. The fourth-order valence-electron chi connectivity index (χ4n) is 3.60. The molecule has 8 heteroatoms. The van der Waals surface area contributed by atoms with Gasteiger partial charge >= 0.3 is 11.7 Å². The highest BCUT2D eigenvalue weighted by Crippen LogP contribution is 2.27. The van der Waals surface area contributed by atoms with Crippen LogP contribution in [0.5, 0.6) is 11.5 Å². The van der Waals surface area contributed by atoms with Crippen LogP contribution in [0.3, 0.4) is 0 Å². The molecule has 2 atom stereocenters. The minimum absolute atomic E-state index is 0.186. The van der Waals surface area contributed by atoms with Gasteiger partial charge in [0.2, 0.25) is 0 Å². The van der Waals surface area contributed by atoms with Crippen LogP contribution in [0.2, 0.25) is 0 Å². The predicted octanol–water partition coefficient (Wildman–Crippen LogP) is 5.26. The molecule has 190 valence electrons. The number of nitrogens with one attached hydrogen (secondary N) is 1. The lowest BCUT2D eigenvalue weighted by atomic mass is 9.91. The first-order chi connectivity index (χ1) is 16.7. The van der Waals surface area contributed by atoms with E-state index in [9.17, 15) is 19.5 Å². The number of rotatable bonds is 12. The Hall–Kier alpha value is -3.55. The van der Waals surface area contributed by atoms with Crippen molar-refractivity contribution in [3.05, 3.63) is 69.4 Å². The van der Waals surface area contributed by atoms with Crippen molar-refractivity contribution in [2.75, 3.05) is 13.7 Å². The maximum absolute atomic E-state index is 13.0. The molecule has 2 N–H and O–H groups in total. The van der Waals surface area contributed by atoms with E-state index in [0.717, 1.165) is 23.3 Å². The number of hydrogen-bond donors (Lipinski definition) is 2. The van der Waals surface area contributed by atoms with Crippen LogP contribution in [0, 0.1) is 12.8 Å². The van der Waals surface area contributed by atoms with Gasteiger partial charge < -0.3 is 19.0 Å². The van der Waals surface area contributed by atoms with Gasteiger partial charge in [-0.3, -0.25) is 10.1 Å². The van der Waals surface area contributed by atoms with E-state index in [1.54, 1.807) is 13.0 Å². The van der Waals surface area contributed by atoms with E-state index >= 15 is 0 Å². The number of carbonyl (C=O) groups is 2. The summed E-state index contributed by atoms with van der Waals surface area (Å²) in [5.41, 5.74) is 0.802. The molecule has 2 rings (SSSR count). The third-order valence-electron chi connectivity index (χ3n) is 5.71. The molecule has 1 amide bonds. The molecule has 2 unspecified atom stereocenters. The normalized spacial score (nSPS) is 12.8. The fraction of sp³-hybridized carbons (Fsp3) is 0.444. The number of aromatic hydroxyl groups is 1. The molecule has 0 fully saturated rings. The first kappa shape index (κ1) is 27.7. The second-order valence-electron chi connectivity index (χ2n) is 8.62. The smallest absolute Gasteiger partial charge is 0.410 e. The molecule has 1 heterocycles. The number of ketones is 1. The lowest BCUT2D eigenvalue weighted by Crippen LogP contribution is -2.22. The van der Waals surface area contributed by atoms with Gasteiger partial charge in [-0.15, -0.1) is 0 Å². The van der Waals surface area contributed by atoms with Crippen LogP contribution in [-0.4, -0.2) is 30.7 Å². The highest BCUT2D eigenvalue weighted by molar-refractivity contribution is 5.99. The van der Waals surface area contributed by atoms with E-state index in [4.69, 9.17) is 9.15 Å². The molecular formula is C27H35NO7. The summed E-state index contributed by atoms with van der Waals surface area (Å²) >= 11 is 0. The molecular weight excluding hydrogens is 450 g/mol. The van der Waals surface area contributed by atoms with Gasteiger partial charge in [-0.2, -0.15) is 0 Å². The third kappa shape index (κ3) is 8.02. The van der Waals surface area contributed by atoms with Crippen molar-refractivity contribution in [1.82, 2.24) is 5.32 Å². The average molecular weight is 486 g/mol. The number of carbonyl (C=O) groups excluding carboxylic acids is 2. The number of benzene rings is 1. The highest BCUT2D eigenvalue weighted by Gasteiger charge is 2.25. The molecule has 0 saturated heterocycles. The first-order valence-corrected chi connectivity index (χ1v) is 11.8. The van der Waals surface area contributed by atoms with Crippen LogP contribution in [0.25, 0.3) is 0 Å². The van der Waals surface area contributed by atoms with E-state index < -0.39 is 23.4 Å². The molecule has 0 aliphatic heterocycles. The molecule has 0 saturated carbocycles. The molecule has 0 aliphatic carbocycles. The van der Waals surface area contributed by atoms with Crippen molar-refractivity contribution in [2.45, 2.75) is 59.3 Å². The topological polar surface area (TPSA) is 115 Å². The number of Topliss-reactive ketones (excluding diaryl/α,β-unsaturated/α-hetero) is 1. The number of ether oxygens (including phenoxy) is 2. The second-order valence-corrected chi connectivity index (χ2v) is 8.62. The average Bonchev–Trinajstić information content (AvgIpc) is 2.82. The molecule has 0 radical (unpaired) electrons. The summed E-state index contributed by atoms with van der Waals surface area (Å²) in [7, 11) is 1.27. The van der Waals surface area contributed by atoms with Gasteiger partial charge in [0.05, 0.1) is 13.7 Å². The standard InChI is InChI=1S/C27H35NO7/c1-6-13-34-21-11-10-20(18(3)15-21)14-19(4)25(30)24-22(29)16-23(35-26(24)31)17(2)9-7-8-12-28-27(32)33-5/h8,10-12,15-17,19,29H,6-7,9,13-14H2,1-5H3,(H,28,32)/b12-8+. The van der Waals surface area contributed by atoms with Crippen molar-refractivity contribution in [3.63, 3.8) is 0 Å². The lowest BCUT2D eigenvalue weighted by Gasteiger charge is -2.15. The molecule has 0 aliphatic rings. The van der Waals surface area contributed by atoms with Gasteiger partial charge in [-0.05, 0) is 55.9 Å². The highest BCUT2D eigenvalue weighted by atomic mass is 16.5. The van der Waals surface area contributed by atoms with Crippen LogP contribution in [0.1, 0.15) is 73.2 Å². The Morgan fingerprint density at radius 3 is 2.60 bits per heavy atom. The fourth-order valence-corrected chi connectivity index (χ4v) is 3.60. The van der Waals surface area contributed by atoms with E-state index in [0.29, 0.717) is 31.6 Å². The van der Waals surface area contributed by atoms with Crippen molar-refractivity contribution in [1.29, 1.82) is 0 Å². The SMILES string of the molecule is CCCOc1ccc(CC(C)C(=O)c2c(O)cc(C(C)CC/C=C/NC(=O)OC)oc2=O)c(C)c1. The van der Waals surface area contributed by atoms with Gasteiger partial charge in [0, 0.05) is 24.1 Å². The predicted molar refractivity (Wildman–Crippen MR) is 133 cm³/mol. The van der Waals surface area contributed by atoms with E-state index in [1.807, 2.05) is 39.0 Å². The van der Waals surface area contributed by atoms with Crippen molar-refractivity contribution < 1.29 is 28.6 Å². The largest absolute Gasteiger partial charge is 0.507 e. The van der Waals surface area contributed by atoms with E-state index in [-0.39, 0.29) is 17.2 Å². The Balaban J connectivity index is 2.06. The summed E-state index contributed by atoms with van der Waals surface area (Å²) in [5.74, 6) is -0.467. The number of alkyl carbamates (subject to hydrolysis) is 1. The quantitative estimate of drug-likeness (QED) is 0.394. The number of amides is 1. The molecule has 8 nitrogen and oxygen atoms in total. The zero-order valence-corrected chi connectivity index (χ0v) is 21.1. The zero-order chi connectivity index (χ0) is 26.0. The molecule has 1 aromatic heterocycles. The van der Waals surface area contributed by atoms with Crippen molar-refractivity contribution >= 4 is 11.9 Å². The zero-order valence-electron chi connectivity index (χ0n) is 21.1. The summed E-state index contributed by atoms with van der Waals surface area (Å²) in [5, 5.41) is 12.9. The monoisotopic (exact) mass is 485 g/mol. The molecule has 0 spiro atoms. The number of aryl methyl sites for hydroxylation is 1. The number of allylic oxidation sites excluding steroid dienone is 1. The Morgan fingerprint density at radius 1 is 1.23 bits per heavy atom. The van der Waals surface area contributed by atoms with Crippen molar-refractivity contribution in [3.8, 4) is 11.5 Å². The van der Waals surface area contributed by atoms with Gasteiger partial charge in [0.15, 0.2) is 5.78 Å². The van der Waals surface area contributed by atoms with Gasteiger partial charge in [-0.1, -0.05) is 32.9 Å². The maximum Gasteiger partial charge on any atom is 0.410 e. The molecule has 35 heavy (non-hydrogen) atoms. The summed E-state index contributed by atoms with van der Waals surface area (Å²) in [6, 6.07) is 7.07. The minimum atomic E-state index is -0.841. The summed E-state index contributed by atoms with van der Waals surface area (Å²) < 4.78 is 15.5. The van der Waals surface area contributed by atoms with Crippen LogP contribution in [-0.2, 0) is 11.2 Å². The molecule has 2 aromatic rings. The summed E-state index contributed by atoms with van der Waals surface area (Å²) in [6.45, 7) is 8.21. The lowest BCUT2D eigenvalue weighted by molar-refractivity contribution is 0.0921. The number of hydrogen-bond acceptors (Lipinski definition) is 7. The minimum Gasteiger partial charge on any atom is -0.507 e. The first-order valence-electron chi connectivity index (χ1n) is 11.8. The van der Waals surface area contributed by atoms with Gasteiger partial charge in [-0.25, -0.2) is 9.59 Å². The Kier molecular flexibility index (Phi) is 10.6. The Bertz CT molecular complexity index is 1100. The molecule has 1 aromatic carbocycles.